The second-order valence-electron chi connectivity index (χ2n) is 6.15. The third-order valence-corrected chi connectivity index (χ3v) is 4.00. The molecule has 1 heterocycles. The van der Waals surface area contributed by atoms with E-state index in [0.717, 1.165) is 5.92 Å². The molecule has 1 saturated carbocycles. The van der Waals surface area contributed by atoms with Gasteiger partial charge in [-0.3, -0.25) is 0 Å². The third kappa shape index (κ3) is 2.07. The maximum absolute atomic E-state index is 3.59. The van der Waals surface area contributed by atoms with E-state index >= 15 is 0 Å². The second kappa shape index (κ2) is 2.98. The zero-order valence-electron chi connectivity index (χ0n) is 9.32. The minimum Gasteiger partial charge on any atom is -0.308 e. The molecule has 1 spiro atoms. The molecule has 0 aromatic heterocycles. The summed E-state index contributed by atoms with van der Waals surface area (Å²) < 4.78 is 0. The molecule has 13 heavy (non-hydrogen) atoms. The first-order valence-electron chi connectivity index (χ1n) is 5.77. The lowest BCUT2D eigenvalue weighted by Gasteiger charge is -2.31. The molecule has 1 heteroatoms. The smallest absolute Gasteiger partial charge is 0.0310 e. The SMILES string of the molecule is CC(C)(C)C1CCCC[C@@]2(CN2)C1. The van der Waals surface area contributed by atoms with Gasteiger partial charge in [0.15, 0.2) is 0 Å². The quantitative estimate of drug-likeness (QED) is 0.570. The van der Waals surface area contributed by atoms with E-state index in [9.17, 15) is 0 Å². The van der Waals surface area contributed by atoms with E-state index in [0.29, 0.717) is 11.0 Å². The van der Waals surface area contributed by atoms with Crippen molar-refractivity contribution >= 4 is 0 Å². The monoisotopic (exact) mass is 181 g/mol. The number of hydrogen-bond donors (Lipinski definition) is 1. The molecule has 0 radical (unpaired) electrons. The standard InChI is InChI=1S/C12H23N/c1-11(2,3)10-6-4-5-7-12(8-10)9-13-12/h10,13H,4-9H2,1-3H3/t10?,12-/m0/s1. The summed E-state index contributed by atoms with van der Waals surface area (Å²) >= 11 is 0. The summed E-state index contributed by atoms with van der Waals surface area (Å²) in [5.41, 5.74) is 1.11. The summed E-state index contributed by atoms with van der Waals surface area (Å²) in [7, 11) is 0. The molecule has 1 saturated heterocycles. The molecule has 1 unspecified atom stereocenters. The Kier molecular flexibility index (Phi) is 2.18. The Balaban J connectivity index is 2.03. The minimum absolute atomic E-state index is 0.515. The largest absolute Gasteiger partial charge is 0.308 e. The van der Waals surface area contributed by atoms with Crippen LogP contribution in [0.15, 0.2) is 0 Å². The highest BCUT2D eigenvalue weighted by Crippen LogP contribution is 2.43. The fourth-order valence-electron chi connectivity index (χ4n) is 2.72. The summed E-state index contributed by atoms with van der Waals surface area (Å²) in [5.74, 6) is 0.935. The molecular formula is C12H23N. The van der Waals surface area contributed by atoms with Crippen molar-refractivity contribution in [2.45, 2.75) is 58.4 Å². The molecule has 1 aliphatic heterocycles. The molecule has 0 amide bonds. The second-order valence-corrected chi connectivity index (χ2v) is 6.15. The van der Waals surface area contributed by atoms with Gasteiger partial charge in [-0.1, -0.05) is 33.6 Å². The molecule has 0 aromatic carbocycles. The predicted octanol–water partition coefficient (Wildman–Crippen LogP) is 2.95. The van der Waals surface area contributed by atoms with Crippen LogP contribution in [0, 0.1) is 11.3 Å². The number of hydrogen-bond acceptors (Lipinski definition) is 1. The highest BCUT2D eigenvalue weighted by Gasteiger charge is 2.46. The van der Waals surface area contributed by atoms with Crippen molar-refractivity contribution in [1.29, 1.82) is 0 Å². The maximum Gasteiger partial charge on any atom is 0.0310 e. The van der Waals surface area contributed by atoms with Crippen LogP contribution in [-0.2, 0) is 0 Å². The summed E-state index contributed by atoms with van der Waals surface area (Å²) in [6, 6.07) is 0. The van der Waals surface area contributed by atoms with Crippen LogP contribution in [0.5, 0.6) is 0 Å². The Bertz CT molecular complexity index is 186. The molecular weight excluding hydrogens is 158 g/mol. The van der Waals surface area contributed by atoms with Gasteiger partial charge in [-0.25, -0.2) is 0 Å². The van der Waals surface area contributed by atoms with Crippen LogP contribution in [0.2, 0.25) is 0 Å². The normalized spacial score (nSPS) is 40.4. The molecule has 1 nitrogen and oxygen atoms in total. The number of nitrogens with one attached hydrogen (secondary N) is 1. The first-order chi connectivity index (χ1) is 6.02. The van der Waals surface area contributed by atoms with Gasteiger partial charge in [0.05, 0.1) is 0 Å². The average molecular weight is 181 g/mol. The molecule has 0 bridgehead atoms. The van der Waals surface area contributed by atoms with E-state index in [1.807, 2.05) is 0 Å². The van der Waals surface area contributed by atoms with Crippen molar-refractivity contribution in [1.82, 2.24) is 5.32 Å². The van der Waals surface area contributed by atoms with Crippen LogP contribution in [0.4, 0.5) is 0 Å². The van der Waals surface area contributed by atoms with E-state index in [-0.39, 0.29) is 0 Å². The fraction of sp³-hybridized carbons (Fsp3) is 1.00. The average Bonchev–Trinajstić information content (AvgIpc) is 2.78. The van der Waals surface area contributed by atoms with Crippen molar-refractivity contribution in [3.05, 3.63) is 0 Å². The Morgan fingerprint density at radius 1 is 1.23 bits per heavy atom. The van der Waals surface area contributed by atoms with E-state index in [2.05, 4.69) is 26.1 Å². The van der Waals surface area contributed by atoms with Crippen molar-refractivity contribution in [3.8, 4) is 0 Å². The topological polar surface area (TPSA) is 21.9 Å². The van der Waals surface area contributed by atoms with Gasteiger partial charge >= 0.3 is 0 Å². The molecule has 2 aliphatic rings. The fourth-order valence-corrected chi connectivity index (χ4v) is 2.72. The molecule has 1 aliphatic carbocycles. The predicted molar refractivity (Wildman–Crippen MR) is 56.8 cm³/mol. The molecule has 2 fully saturated rings. The van der Waals surface area contributed by atoms with Crippen molar-refractivity contribution < 1.29 is 0 Å². The van der Waals surface area contributed by atoms with Crippen molar-refractivity contribution in [2.75, 3.05) is 6.54 Å². The first kappa shape index (κ1) is 9.51. The molecule has 2 rings (SSSR count). The van der Waals surface area contributed by atoms with E-state index in [4.69, 9.17) is 0 Å². The Morgan fingerprint density at radius 2 is 1.92 bits per heavy atom. The van der Waals surface area contributed by atoms with Crippen molar-refractivity contribution in [2.24, 2.45) is 11.3 Å². The van der Waals surface area contributed by atoms with Gasteiger partial charge in [0, 0.05) is 12.1 Å². The zero-order valence-corrected chi connectivity index (χ0v) is 9.32. The lowest BCUT2D eigenvalue weighted by atomic mass is 9.74. The Hall–Kier alpha value is -0.0400. The number of rotatable bonds is 0. The Morgan fingerprint density at radius 3 is 2.46 bits per heavy atom. The molecule has 1 N–H and O–H groups in total. The Labute approximate surface area is 82.3 Å². The molecule has 0 aromatic rings. The minimum atomic E-state index is 0.515. The van der Waals surface area contributed by atoms with Crippen LogP contribution in [-0.4, -0.2) is 12.1 Å². The van der Waals surface area contributed by atoms with E-state index < -0.39 is 0 Å². The van der Waals surface area contributed by atoms with Crippen LogP contribution in [0.3, 0.4) is 0 Å². The maximum atomic E-state index is 3.59. The third-order valence-electron chi connectivity index (χ3n) is 4.00. The van der Waals surface area contributed by atoms with Gasteiger partial charge < -0.3 is 5.32 Å². The highest BCUT2D eigenvalue weighted by molar-refractivity contribution is 5.06. The lowest BCUT2D eigenvalue weighted by Crippen LogP contribution is -2.26. The van der Waals surface area contributed by atoms with E-state index in [1.54, 1.807) is 0 Å². The van der Waals surface area contributed by atoms with Crippen LogP contribution in [0.25, 0.3) is 0 Å². The molecule has 2 atom stereocenters. The summed E-state index contributed by atoms with van der Waals surface area (Å²) in [6.45, 7) is 8.50. The van der Waals surface area contributed by atoms with E-state index in [1.165, 1.54) is 38.6 Å². The van der Waals surface area contributed by atoms with Crippen LogP contribution in [0.1, 0.15) is 52.9 Å². The lowest BCUT2D eigenvalue weighted by molar-refractivity contribution is 0.203. The summed E-state index contributed by atoms with van der Waals surface area (Å²) in [6.07, 6.45) is 7.20. The zero-order chi connectivity index (χ0) is 9.53. The van der Waals surface area contributed by atoms with Crippen LogP contribution >= 0.6 is 0 Å². The van der Waals surface area contributed by atoms with Gasteiger partial charge in [0.2, 0.25) is 0 Å². The summed E-state index contributed by atoms with van der Waals surface area (Å²) in [5, 5.41) is 3.59. The van der Waals surface area contributed by atoms with Crippen LogP contribution < -0.4 is 5.32 Å². The summed E-state index contributed by atoms with van der Waals surface area (Å²) in [4.78, 5) is 0. The van der Waals surface area contributed by atoms with Gasteiger partial charge in [-0.15, -0.1) is 0 Å². The van der Waals surface area contributed by atoms with Gasteiger partial charge in [-0.2, -0.15) is 0 Å². The van der Waals surface area contributed by atoms with Gasteiger partial charge in [0.25, 0.3) is 0 Å². The van der Waals surface area contributed by atoms with Gasteiger partial charge in [0.1, 0.15) is 0 Å². The van der Waals surface area contributed by atoms with Crippen molar-refractivity contribution in [3.63, 3.8) is 0 Å². The highest BCUT2D eigenvalue weighted by atomic mass is 15.2. The first-order valence-corrected chi connectivity index (χ1v) is 5.77. The van der Waals surface area contributed by atoms with Gasteiger partial charge in [-0.05, 0) is 30.6 Å². The molecule has 76 valence electrons.